The summed E-state index contributed by atoms with van der Waals surface area (Å²) in [7, 11) is -3.90. The quantitative estimate of drug-likeness (QED) is 0.640. The number of nitrogens with one attached hydrogen (secondary N) is 1. The Balaban J connectivity index is 2.09. The first-order valence-corrected chi connectivity index (χ1v) is 9.65. The molecule has 2 aromatic carbocycles. The van der Waals surface area contributed by atoms with Crippen LogP contribution in [-0.4, -0.2) is 14.8 Å². The van der Waals surface area contributed by atoms with Crippen LogP contribution in [0.15, 0.2) is 53.4 Å². The highest BCUT2D eigenvalue weighted by Gasteiger charge is 2.31. The number of rotatable bonds is 8. The predicted octanol–water partition coefficient (Wildman–Crippen LogP) is 5.12. The Bertz CT molecular complexity index is 818. The van der Waals surface area contributed by atoms with Crippen LogP contribution in [0, 0.1) is 0 Å². The van der Waals surface area contributed by atoms with E-state index in [1.165, 1.54) is 24.3 Å². The van der Waals surface area contributed by atoms with Crippen molar-refractivity contribution in [2.45, 2.75) is 43.9 Å². The third-order valence-corrected chi connectivity index (χ3v) is 5.02. The highest BCUT2D eigenvalue weighted by atomic mass is 32.2. The number of hydrogen-bond acceptors (Lipinski definition) is 3. The maximum atomic E-state index is 12.4. The van der Waals surface area contributed by atoms with Gasteiger partial charge in [0.25, 0.3) is 10.0 Å². The summed E-state index contributed by atoms with van der Waals surface area (Å²) >= 11 is 0. The molecule has 142 valence electrons. The fraction of sp³-hybridized carbons (Fsp3) is 0.333. The van der Waals surface area contributed by atoms with Gasteiger partial charge >= 0.3 is 6.36 Å². The number of anilines is 1. The topological polar surface area (TPSA) is 55.4 Å². The minimum Gasteiger partial charge on any atom is -0.406 e. The summed E-state index contributed by atoms with van der Waals surface area (Å²) in [5.41, 5.74) is 1.02. The average Bonchev–Trinajstić information content (AvgIpc) is 2.54. The van der Waals surface area contributed by atoms with Crippen molar-refractivity contribution in [2.75, 3.05) is 4.72 Å². The lowest BCUT2D eigenvalue weighted by molar-refractivity contribution is -0.274. The Morgan fingerprint density at radius 2 is 1.73 bits per heavy atom. The van der Waals surface area contributed by atoms with Gasteiger partial charge in [0.15, 0.2) is 0 Å². The second kappa shape index (κ2) is 8.44. The van der Waals surface area contributed by atoms with Crippen molar-refractivity contribution < 1.29 is 26.3 Å². The van der Waals surface area contributed by atoms with Gasteiger partial charge in [0.2, 0.25) is 0 Å². The van der Waals surface area contributed by atoms with Crippen LogP contribution >= 0.6 is 0 Å². The second-order valence-corrected chi connectivity index (χ2v) is 7.46. The molecule has 0 amide bonds. The first-order valence-electron chi connectivity index (χ1n) is 8.17. The first kappa shape index (κ1) is 20.1. The minimum absolute atomic E-state index is 0.0150. The van der Waals surface area contributed by atoms with Crippen LogP contribution in [0.4, 0.5) is 18.9 Å². The summed E-state index contributed by atoms with van der Waals surface area (Å²) in [5, 5.41) is 0. The molecule has 0 aliphatic rings. The molecule has 0 aromatic heterocycles. The van der Waals surface area contributed by atoms with E-state index in [9.17, 15) is 21.6 Å². The van der Waals surface area contributed by atoms with Crippen LogP contribution in [-0.2, 0) is 16.4 Å². The number of aryl methyl sites for hydroxylation is 1. The van der Waals surface area contributed by atoms with Crippen molar-refractivity contribution in [1.82, 2.24) is 0 Å². The van der Waals surface area contributed by atoms with Gasteiger partial charge in [0.1, 0.15) is 5.75 Å². The number of benzene rings is 2. The molecular formula is C18H20F3NO3S. The third kappa shape index (κ3) is 6.25. The van der Waals surface area contributed by atoms with Crippen LogP contribution in [0.3, 0.4) is 0 Å². The smallest absolute Gasteiger partial charge is 0.406 e. The number of unbranched alkanes of at least 4 members (excludes halogenated alkanes) is 2. The molecule has 2 aromatic rings. The number of alkyl halides is 3. The van der Waals surface area contributed by atoms with Gasteiger partial charge in [0.05, 0.1) is 10.6 Å². The lowest BCUT2D eigenvalue weighted by Crippen LogP contribution is -2.17. The monoisotopic (exact) mass is 387 g/mol. The number of hydrogen-bond donors (Lipinski definition) is 1. The van der Waals surface area contributed by atoms with E-state index in [-0.39, 0.29) is 10.6 Å². The molecule has 8 heteroatoms. The molecule has 1 N–H and O–H groups in total. The Labute approximate surface area is 151 Å². The van der Waals surface area contributed by atoms with E-state index in [0.29, 0.717) is 0 Å². The summed E-state index contributed by atoms with van der Waals surface area (Å²) in [6.45, 7) is 2.11. The van der Waals surface area contributed by atoms with Gasteiger partial charge in [-0.2, -0.15) is 0 Å². The minimum atomic E-state index is -4.84. The second-order valence-electron chi connectivity index (χ2n) is 5.78. The Hall–Kier alpha value is -2.22. The molecule has 26 heavy (non-hydrogen) atoms. The SMILES string of the molecule is CCCCCc1ccc(S(=O)(=O)Nc2cccc(OC(F)(F)F)c2)cc1. The standard InChI is InChI=1S/C18H20F3NO3S/c1-2-3-4-6-14-9-11-17(12-10-14)26(23,24)22-15-7-5-8-16(13-15)25-18(19,20)21/h5,7-13,22H,2-4,6H2,1H3. The van der Waals surface area contributed by atoms with Crippen molar-refractivity contribution in [1.29, 1.82) is 0 Å². The van der Waals surface area contributed by atoms with Crippen molar-refractivity contribution in [3.8, 4) is 5.75 Å². The molecule has 0 unspecified atom stereocenters. The van der Waals surface area contributed by atoms with Gasteiger partial charge in [-0.25, -0.2) is 8.42 Å². The summed E-state index contributed by atoms with van der Waals surface area (Å²) < 4.78 is 67.6. The highest BCUT2D eigenvalue weighted by Crippen LogP contribution is 2.26. The van der Waals surface area contributed by atoms with Crippen LogP contribution in [0.25, 0.3) is 0 Å². The number of ether oxygens (including phenoxy) is 1. The maximum absolute atomic E-state index is 12.4. The van der Waals surface area contributed by atoms with E-state index in [0.717, 1.165) is 43.4 Å². The van der Waals surface area contributed by atoms with Gasteiger partial charge in [-0.1, -0.05) is 38.0 Å². The van der Waals surface area contributed by atoms with Crippen molar-refractivity contribution in [3.05, 3.63) is 54.1 Å². The molecule has 4 nitrogen and oxygen atoms in total. The zero-order chi connectivity index (χ0) is 19.2. The fourth-order valence-electron chi connectivity index (χ4n) is 2.39. The van der Waals surface area contributed by atoms with Gasteiger partial charge in [-0.3, -0.25) is 4.72 Å². The zero-order valence-corrected chi connectivity index (χ0v) is 15.0. The van der Waals surface area contributed by atoms with Crippen molar-refractivity contribution in [2.24, 2.45) is 0 Å². The van der Waals surface area contributed by atoms with Crippen LogP contribution < -0.4 is 9.46 Å². The molecule has 0 bridgehead atoms. The van der Waals surface area contributed by atoms with Gasteiger partial charge in [-0.15, -0.1) is 13.2 Å². The first-order chi connectivity index (χ1) is 12.2. The molecule has 0 radical (unpaired) electrons. The third-order valence-electron chi connectivity index (χ3n) is 3.62. The van der Waals surface area contributed by atoms with Crippen molar-refractivity contribution in [3.63, 3.8) is 0 Å². The normalized spacial score (nSPS) is 12.0. The summed E-state index contributed by atoms with van der Waals surface area (Å²) in [6.07, 6.45) is -0.720. The molecule has 0 atom stereocenters. The Morgan fingerprint density at radius 3 is 2.35 bits per heavy atom. The van der Waals surface area contributed by atoms with Crippen LogP contribution in [0.1, 0.15) is 31.7 Å². The molecule has 0 spiro atoms. The van der Waals surface area contributed by atoms with Gasteiger partial charge < -0.3 is 4.74 Å². The molecule has 0 saturated carbocycles. The highest BCUT2D eigenvalue weighted by molar-refractivity contribution is 7.92. The fourth-order valence-corrected chi connectivity index (χ4v) is 3.43. The number of sulfonamides is 1. The molecular weight excluding hydrogens is 367 g/mol. The number of halogens is 3. The summed E-state index contributed by atoms with van der Waals surface area (Å²) in [6, 6.07) is 11.1. The molecule has 2 rings (SSSR count). The largest absolute Gasteiger partial charge is 0.573 e. The summed E-state index contributed by atoms with van der Waals surface area (Å²) in [4.78, 5) is 0.0406. The average molecular weight is 387 g/mol. The lowest BCUT2D eigenvalue weighted by Gasteiger charge is -2.12. The zero-order valence-electron chi connectivity index (χ0n) is 14.2. The lowest BCUT2D eigenvalue weighted by atomic mass is 10.1. The Morgan fingerprint density at radius 1 is 1.04 bits per heavy atom. The molecule has 0 aliphatic heterocycles. The van der Waals surface area contributed by atoms with E-state index >= 15 is 0 Å². The maximum Gasteiger partial charge on any atom is 0.573 e. The Kier molecular flexibility index (Phi) is 6.52. The van der Waals surface area contributed by atoms with Crippen molar-refractivity contribution >= 4 is 15.7 Å². The van der Waals surface area contributed by atoms with E-state index in [4.69, 9.17) is 0 Å². The summed E-state index contributed by atoms with van der Waals surface area (Å²) in [5.74, 6) is -0.496. The van der Waals surface area contributed by atoms with E-state index in [1.54, 1.807) is 12.1 Å². The molecule has 0 heterocycles. The molecule has 0 aliphatic carbocycles. The van der Waals surface area contributed by atoms with E-state index in [2.05, 4.69) is 16.4 Å². The molecule has 0 saturated heterocycles. The predicted molar refractivity (Wildman–Crippen MR) is 93.6 cm³/mol. The van der Waals surface area contributed by atoms with Crippen LogP contribution in [0.5, 0.6) is 5.75 Å². The van der Waals surface area contributed by atoms with E-state index in [1.807, 2.05) is 0 Å². The van der Waals surface area contributed by atoms with E-state index < -0.39 is 22.1 Å². The van der Waals surface area contributed by atoms with Gasteiger partial charge in [0, 0.05) is 6.07 Å². The van der Waals surface area contributed by atoms with Crippen LogP contribution in [0.2, 0.25) is 0 Å². The van der Waals surface area contributed by atoms with Gasteiger partial charge in [-0.05, 0) is 42.7 Å². The molecule has 0 fully saturated rings.